The van der Waals surface area contributed by atoms with Crippen LogP contribution in [0.5, 0.6) is 5.75 Å². The molecular weight excluding hydrogens is 448 g/mol. The van der Waals surface area contributed by atoms with E-state index in [1.807, 2.05) is 32.0 Å². The number of hydrogen-bond donors (Lipinski definition) is 1. The molecule has 1 atom stereocenters. The van der Waals surface area contributed by atoms with E-state index in [0.717, 1.165) is 18.4 Å². The molecule has 0 saturated heterocycles. The van der Waals surface area contributed by atoms with E-state index in [1.54, 1.807) is 42.5 Å². The maximum absolute atomic E-state index is 13.0. The molecule has 3 aromatic carbocycles. The second-order valence-corrected chi connectivity index (χ2v) is 10.5. The van der Waals surface area contributed by atoms with Crippen molar-refractivity contribution in [1.82, 2.24) is 9.62 Å². The predicted octanol–water partition coefficient (Wildman–Crippen LogP) is 4.58. The van der Waals surface area contributed by atoms with Crippen molar-refractivity contribution in [3.8, 4) is 5.75 Å². The molecule has 3 aromatic rings. The minimum Gasteiger partial charge on any atom is -0.496 e. The normalized spacial score (nSPS) is 12.4. The molecule has 0 aromatic heterocycles. The van der Waals surface area contributed by atoms with Crippen LogP contribution >= 0.6 is 0 Å². The van der Waals surface area contributed by atoms with E-state index in [-0.39, 0.29) is 23.4 Å². The molecule has 0 spiro atoms. The Morgan fingerprint density at radius 1 is 1.03 bits per heavy atom. The first-order chi connectivity index (χ1) is 16.2. The quantitative estimate of drug-likeness (QED) is 0.461. The number of nitrogens with zero attached hydrogens (tertiary/aromatic N) is 1. The van der Waals surface area contributed by atoms with Crippen LogP contribution in [0, 0.1) is 6.92 Å². The SMILES string of the molecule is COc1ccc(C(=O)N[C@@H](C)CCc2ccccc2)cc1CN(C)S(=O)(=O)c1ccc(C)cc1. The summed E-state index contributed by atoms with van der Waals surface area (Å²) in [5.74, 6) is 0.327. The van der Waals surface area contributed by atoms with Crippen LogP contribution in [0.3, 0.4) is 0 Å². The van der Waals surface area contributed by atoms with Gasteiger partial charge >= 0.3 is 0 Å². The van der Waals surface area contributed by atoms with Gasteiger partial charge in [-0.15, -0.1) is 0 Å². The van der Waals surface area contributed by atoms with E-state index in [1.165, 1.54) is 24.0 Å². The lowest BCUT2D eigenvalue weighted by Crippen LogP contribution is -2.33. The Morgan fingerprint density at radius 3 is 2.35 bits per heavy atom. The van der Waals surface area contributed by atoms with Gasteiger partial charge in [0.1, 0.15) is 5.75 Å². The van der Waals surface area contributed by atoms with E-state index in [2.05, 4.69) is 17.4 Å². The number of carbonyl (C=O) groups excluding carboxylic acids is 1. The number of aryl methyl sites for hydroxylation is 2. The number of carbonyl (C=O) groups is 1. The first-order valence-electron chi connectivity index (χ1n) is 11.3. The van der Waals surface area contributed by atoms with Crippen LogP contribution < -0.4 is 10.1 Å². The van der Waals surface area contributed by atoms with E-state index in [4.69, 9.17) is 4.74 Å². The summed E-state index contributed by atoms with van der Waals surface area (Å²) in [6.45, 7) is 3.96. The largest absolute Gasteiger partial charge is 0.496 e. The highest BCUT2D eigenvalue weighted by Crippen LogP contribution is 2.24. The number of nitrogens with one attached hydrogen (secondary N) is 1. The smallest absolute Gasteiger partial charge is 0.251 e. The molecule has 7 heteroatoms. The topological polar surface area (TPSA) is 75.7 Å². The fourth-order valence-electron chi connectivity index (χ4n) is 3.67. The molecule has 0 fully saturated rings. The number of amides is 1. The van der Waals surface area contributed by atoms with Gasteiger partial charge in [0.15, 0.2) is 0 Å². The van der Waals surface area contributed by atoms with Gasteiger partial charge in [-0.1, -0.05) is 48.0 Å². The predicted molar refractivity (Wildman–Crippen MR) is 135 cm³/mol. The Kier molecular flexibility index (Phi) is 8.47. The molecule has 6 nitrogen and oxygen atoms in total. The van der Waals surface area contributed by atoms with Crippen molar-refractivity contribution in [2.75, 3.05) is 14.2 Å². The van der Waals surface area contributed by atoms with Crippen LogP contribution in [-0.2, 0) is 23.0 Å². The van der Waals surface area contributed by atoms with Crippen molar-refractivity contribution < 1.29 is 17.9 Å². The minimum absolute atomic E-state index is 0.0113. The highest BCUT2D eigenvalue weighted by Gasteiger charge is 2.23. The van der Waals surface area contributed by atoms with Crippen molar-refractivity contribution in [3.63, 3.8) is 0 Å². The Labute approximate surface area is 202 Å². The lowest BCUT2D eigenvalue weighted by atomic mass is 10.1. The average molecular weight is 481 g/mol. The molecule has 0 radical (unpaired) electrons. The van der Waals surface area contributed by atoms with Crippen LogP contribution in [0.4, 0.5) is 0 Å². The molecule has 0 bridgehead atoms. The maximum Gasteiger partial charge on any atom is 0.251 e. The first kappa shape index (κ1) is 25.5. The number of rotatable bonds is 10. The molecule has 0 unspecified atom stereocenters. The van der Waals surface area contributed by atoms with Gasteiger partial charge in [0.2, 0.25) is 10.0 Å². The van der Waals surface area contributed by atoms with Crippen molar-refractivity contribution in [1.29, 1.82) is 0 Å². The lowest BCUT2D eigenvalue weighted by molar-refractivity contribution is 0.0938. The zero-order chi connectivity index (χ0) is 24.7. The molecule has 3 rings (SSSR count). The highest BCUT2D eigenvalue weighted by atomic mass is 32.2. The van der Waals surface area contributed by atoms with Crippen molar-refractivity contribution in [3.05, 3.63) is 95.1 Å². The Hall–Kier alpha value is -3.16. The van der Waals surface area contributed by atoms with Crippen molar-refractivity contribution in [2.24, 2.45) is 0 Å². The monoisotopic (exact) mass is 480 g/mol. The summed E-state index contributed by atoms with van der Waals surface area (Å²) in [6, 6.07) is 22.0. The van der Waals surface area contributed by atoms with E-state index in [0.29, 0.717) is 16.9 Å². The van der Waals surface area contributed by atoms with Gasteiger partial charge in [-0.2, -0.15) is 4.31 Å². The Balaban J connectivity index is 1.70. The summed E-state index contributed by atoms with van der Waals surface area (Å²) in [7, 11) is -0.640. The van der Waals surface area contributed by atoms with Crippen LogP contribution in [0.2, 0.25) is 0 Å². The fourth-order valence-corrected chi connectivity index (χ4v) is 4.81. The lowest BCUT2D eigenvalue weighted by Gasteiger charge is -2.20. The number of benzene rings is 3. The van der Waals surface area contributed by atoms with E-state index < -0.39 is 10.0 Å². The third-order valence-corrected chi connectivity index (χ3v) is 7.57. The molecular formula is C27H32N2O4S. The van der Waals surface area contributed by atoms with Crippen LogP contribution in [0.1, 0.15) is 40.4 Å². The molecule has 0 aliphatic heterocycles. The van der Waals surface area contributed by atoms with Gasteiger partial charge < -0.3 is 10.1 Å². The maximum atomic E-state index is 13.0. The zero-order valence-electron chi connectivity index (χ0n) is 20.1. The molecule has 1 amide bonds. The third-order valence-electron chi connectivity index (χ3n) is 5.75. The van der Waals surface area contributed by atoms with Gasteiger partial charge in [0.25, 0.3) is 5.91 Å². The molecule has 34 heavy (non-hydrogen) atoms. The number of ether oxygens (including phenoxy) is 1. The van der Waals surface area contributed by atoms with Crippen molar-refractivity contribution in [2.45, 2.75) is 44.2 Å². The second kappa shape index (κ2) is 11.3. The number of methoxy groups -OCH3 is 1. The van der Waals surface area contributed by atoms with E-state index >= 15 is 0 Å². The zero-order valence-corrected chi connectivity index (χ0v) is 20.9. The molecule has 0 aliphatic rings. The number of hydrogen-bond acceptors (Lipinski definition) is 4. The summed E-state index contributed by atoms with van der Waals surface area (Å²) in [4.78, 5) is 13.1. The van der Waals surface area contributed by atoms with Crippen molar-refractivity contribution >= 4 is 15.9 Å². The van der Waals surface area contributed by atoms with Gasteiger partial charge in [-0.25, -0.2) is 8.42 Å². The summed E-state index contributed by atoms with van der Waals surface area (Å²) < 4.78 is 32.7. The van der Waals surface area contributed by atoms with E-state index in [9.17, 15) is 13.2 Å². The Bertz CT molecular complexity index is 1210. The molecule has 1 N–H and O–H groups in total. The van der Waals surface area contributed by atoms with Crippen LogP contribution in [-0.4, -0.2) is 38.8 Å². The molecule has 0 aliphatic carbocycles. The highest BCUT2D eigenvalue weighted by molar-refractivity contribution is 7.89. The minimum atomic E-state index is -3.69. The summed E-state index contributed by atoms with van der Waals surface area (Å²) >= 11 is 0. The van der Waals surface area contributed by atoms with Gasteiger partial charge in [0, 0.05) is 30.8 Å². The summed E-state index contributed by atoms with van der Waals surface area (Å²) in [6.07, 6.45) is 1.69. The fraction of sp³-hybridized carbons (Fsp3) is 0.296. The van der Waals surface area contributed by atoms with Gasteiger partial charge in [0.05, 0.1) is 12.0 Å². The molecule has 180 valence electrons. The molecule has 0 heterocycles. The summed E-state index contributed by atoms with van der Waals surface area (Å²) in [5.41, 5.74) is 3.29. The van der Waals surface area contributed by atoms with Crippen LogP contribution in [0.15, 0.2) is 77.7 Å². The standard InChI is InChI=1S/C27H32N2O4S/c1-20-10-15-25(16-11-20)34(31,32)29(3)19-24-18-23(14-17-26(24)33-4)27(30)28-21(2)12-13-22-8-6-5-7-9-22/h5-11,14-18,21H,12-13,19H2,1-4H3,(H,28,30)/t21-/m0/s1. The number of sulfonamides is 1. The first-order valence-corrected chi connectivity index (χ1v) is 12.7. The average Bonchev–Trinajstić information content (AvgIpc) is 2.83. The third kappa shape index (κ3) is 6.46. The Morgan fingerprint density at radius 2 is 1.71 bits per heavy atom. The van der Waals surface area contributed by atoms with Gasteiger partial charge in [-0.3, -0.25) is 4.79 Å². The summed E-state index contributed by atoms with van der Waals surface area (Å²) in [5, 5.41) is 3.03. The second-order valence-electron chi connectivity index (χ2n) is 8.50. The van der Waals surface area contributed by atoms with Crippen LogP contribution in [0.25, 0.3) is 0 Å². The molecule has 0 saturated carbocycles. The van der Waals surface area contributed by atoms with Gasteiger partial charge in [-0.05, 0) is 62.6 Å².